The van der Waals surface area contributed by atoms with E-state index in [1.807, 2.05) is 0 Å². The average molecular weight is 302 g/mol. The molecule has 0 spiro atoms. The first-order valence-electron chi connectivity index (χ1n) is 6.90. The lowest BCUT2D eigenvalue weighted by molar-refractivity contribution is -0.136. The standard InChI is InChI=1S/C15H14N2O5/c1-7-4-8(15(21)22)5-9-6-17(14(20)12(7)9)10-2-3-11(18)16-13(10)19/h4-5,10H,2-3,6H2,1H3,(H,21,22)(H,16,18,19). The molecule has 2 N–H and O–H groups in total. The highest BCUT2D eigenvalue weighted by Crippen LogP contribution is 2.30. The lowest BCUT2D eigenvalue weighted by atomic mass is 10.0. The van der Waals surface area contributed by atoms with Crippen LogP contribution in [0.1, 0.15) is 44.7 Å². The highest BCUT2D eigenvalue weighted by atomic mass is 16.4. The van der Waals surface area contributed by atoms with Gasteiger partial charge in [-0.15, -0.1) is 0 Å². The molecule has 7 nitrogen and oxygen atoms in total. The van der Waals surface area contributed by atoms with Crippen LogP contribution in [0.4, 0.5) is 0 Å². The monoisotopic (exact) mass is 302 g/mol. The molecule has 7 heteroatoms. The average Bonchev–Trinajstić information content (AvgIpc) is 2.76. The van der Waals surface area contributed by atoms with E-state index in [9.17, 15) is 19.2 Å². The minimum absolute atomic E-state index is 0.120. The SMILES string of the molecule is Cc1cc(C(=O)O)cc2c1C(=O)N(C1CCC(=O)NC1=O)C2. The third kappa shape index (κ3) is 2.14. The van der Waals surface area contributed by atoms with Gasteiger partial charge in [-0.25, -0.2) is 4.79 Å². The first-order valence-corrected chi connectivity index (χ1v) is 6.90. The van der Waals surface area contributed by atoms with Crippen LogP contribution in [0.25, 0.3) is 0 Å². The number of rotatable bonds is 2. The predicted octanol–water partition coefficient (Wildman–Crippen LogP) is 0.454. The Morgan fingerprint density at radius 1 is 1.32 bits per heavy atom. The van der Waals surface area contributed by atoms with E-state index in [0.29, 0.717) is 16.7 Å². The number of benzene rings is 1. The molecule has 1 unspecified atom stereocenters. The van der Waals surface area contributed by atoms with Crippen molar-refractivity contribution in [2.75, 3.05) is 0 Å². The summed E-state index contributed by atoms with van der Waals surface area (Å²) in [4.78, 5) is 48.2. The van der Waals surface area contributed by atoms with Crippen molar-refractivity contribution in [1.82, 2.24) is 10.2 Å². The summed E-state index contributed by atoms with van der Waals surface area (Å²) < 4.78 is 0. The van der Waals surface area contributed by atoms with E-state index in [1.165, 1.54) is 17.0 Å². The molecule has 0 aliphatic carbocycles. The van der Waals surface area contributed by atoms with Gasteiger partial charge in [-0.05, 0) is 36.6 Å². The van der Waals surface area contributed by atoms with Gasteiger partial charge in [-0.3, -0.25) is 19.7 Å². The largest absolute Gasteiger partial charge is 0.478 e. The Morgan fingerprint density at radius 2 is 2.05 bits per heavy atom. The molecule has 114 valence electrons. The van der Waals surface area contributed by atoms with Crippen LogP contribution in [-0.4, -0.2) is 39.7 Å². The number of fused-ring (bicyclic) bond motifs is 1. The van der Waals surface area contributed by atoms with Crippen molar-refractivity contribution in [1.29, 1.82) is 0 Å². The minimum atomic E-state index is -1.06. The Bertz CT molecular complexity index is 725. The number of hydrogen-bond donors (Lipinski definition) is 2. The van der Waals surface area contributed by atoms with E-state index in [1.54, 1.807) is 6.92 Å². The third-order valence-electron chi connectivity index (χ3n) is 4.07. The molecule has 1 aromatic carbocycles. The number of nitrogens with one attached hydrogen (secondary N) is 1. The number of carboxylic acid groups (broad SMARTS) is 1. The van der Waals surface area contributed by atoms with Crippen LogP contribution in [0, 0.1) is 6.92 Å². The molecule has 2 aliphatic rings. The molecule has 1 aromatic rings. The van der Waals surface area contributed by atoms with Crippen LogP contribution >= 0.6 is 0 Å². The Hall–Kier alpha value is -2.70. The van der Waals surface area contributed by atoms with Crippen molar-refractivity contribution in [3.63, 3.8) is 0 Å². The Balaban J connectivity index is 1.94. The van der Waals surface area contributed by atoms with Crippen LogP contribution in [0.5, 0.6) is 0 Å². The number of aromatic carboxylic acids is 1. The summed E-state index contributed by atoms with van der Waals surface area (Å²) in [6.45, 7) is 1.86. The lowest BCUT2D eigenvalue weighted by Gasteiger charge is -2.29. The van der Waals surface area contributed by atoms with Crippen LogP contribution in [0.2, 0.25) is 0 Å². The second-order valence-electron chi connectivity index (χ2n) is 5.53. The molecule has 0 radical (unpaired) electrons. The van der Waals surface area contributed by atoms with Crippen LogP contribution in [0.3, 0.4) is 0 Å². The van der Waals surface area contributed by atoms with Gasteiger partial charge in [0.2, 0.25) is 11.8 Å². The number of nitrogens with zero attached hydrogens (tertiary/aromatic N) is 1. The molecular formula is C15H14N2O5. The maximum atomic E-state index is 12.5. The fourth-order valence-electron chi connectivity index (χ4n) is 3.04. The first-order chi connectivity index (χ1) is 10.4. The van der Waals surface area contributed by atoms with E-state index in [4.69, 9.17) is 5.11 Å². The second kappa shape index (κ2) is 4.94. The highest BCUT2D eigenvalue weighted by molar-refractivity contribution is 6.06. The van der Waals surface area contributed by atoms with Crippen molar-refractivity contribution < 1.29 is 24.3 Å². The van der Waals surface area contributed by atoms with Gasteiger partial charge >= 0.3 is 5.97 Å². The van der Waals surface area contributed by atoms with E-state index < -0.39 is 17.9 Å². The van der Waals surface area contributed by atoms with Gasteiger partial charge in [0.1, 0.15) is 6.04 Å². The molecule has 0 aromatic heterocycles. The molecule has 1 atom stereocenters. The van der Waals surface area contributed by atoms with Crippen LogP contribution in [-0.2, 0) is 16.1 Å². The topological polar surface area (TPSA) is 104 Å². The maximum absolute atomic E-state index is 12.5. The Morgan fingerprint density at radius 3 is 2.68 bits per heavy atom. The molecule has 3 amide bonds. The highest BCUT2D eigenvalue weighted by Gasteiger charge is 2.39. The summed E-state index contributed by atoms with van der Waals surface area (Å²) in [5.41, 5.74) is 1.76. The number of aryl methyl sites for hydroxylation is 1. The van der Waals surface area contributed by atoms with Gasteiger partial charge in [0.15, 0.2) is 0 Å². The smallest absolute Gasteiger partial charge is 0.335 e. The van der Waals surface area contributed by atoms with Crippen LogP contribution < -0.4 is 5.32 Å². The molecule has 2 heterocycles. The quantitative estimate of drug-likeness (QED) is 0.772. The fourth-order valence-corrected chi connectivity index (χ4v) is 3.04. The van der Waals surface area contributed by atoms with Crippen molar-refractivity contribution in [3.05, 3.63) is 34.4 Å². The van der Waals surface area contributed by atoms with E-state index in [2.05, 4.69) is 5.32 Å². The zero-order valence-corrected chi connectivity index (χ0v) is 11.9. The lowest BCUT2D eigenvalue weighted by Crippen LogP contribution is -2.52. The molecular weight excluding hydrogens is 288 g/mol. The van der Waals surface area contributed by atoms with Gasteiger partial charge in [0.05, 0.1) is 5.56 Å². The van der Waals surface area contributed by atoms with Gasteiger partial charge < -0.3 is 10.0 Å². The van der Waals surface area contributed by atoms with E-state index in [0.717, 1.165) is 0 Å². The summed E-state index contributed by atoms with van der Waals surface area (Å²) in [6, 6.07) is 2.23. The zero-order valence-electron chi connectivity index (χ0n) is 11.9. The zero-order chi connectivity index (χ0) is 16.0. The fraction of sp³-hybridized carbons (Fsp3) is 0.333. The number of piperidine rings is 1. The number of carboxylic acids is 1. The number of amides is 3. The van der Waals surface area contributed by atoms with Gasteiger partial charge in [0.25, 0.3) is 5.91 Å². The summed E-state index contributed by atoms with van der Waals surface area (Å²) in [7, 11) is 0. The molecule has 0 bridgehead atoms. The summed E-state index contributed by atoms with van der Waals surface area (Å²) in [6.07, 6.45) is 0.477. The number of hydrogen-bond acceptors (Lipinski definition) is 4. The maximum Gasteiger partial charge on any atom is 0.335 e. The molecule has 1 saturated heterocycles. The summed E-state index contributed by atoms with van der Waals surface area (Å²) >= 11 is 0. The molecule has 1 fully saturated rings. The molecule has 3 rings (SSSR count). The van der Waals surface area contributed by atoms with Gasteiger partial charge in [-0.1, -0.05) is 0 Å². The van der Waals surface area contributed by atoms with Crippen molar-refractivity contribution >= 4 is 23.7 Å². The number of carbonyl (C=O) groups is 4. The summed E-state index contributed by atoms with van der Waals surface area (Å²) in [5.74, 6) is -2.17. The Kier molecular flexibility index (Phi) is 3.20. The summed E-state index contributed by atoms with van der Waals surface area (Å²) in [5, 5.41) is 11.3. The van der Waals surface area contributed by atoms with Gasteiger partial charge in [-0.2, -0.15) is 0 Å². The van der Waals surface area contributed by atoms with E-state index in [-0.39, 0.29) is 36.8 Å². The van der Waals surface area contributed by atoms with Crippen molar-refractivity contribution in [2.45, 2.75) is 32.4 Å². The number of imide groups is 1. The second-order valence-corrected chi connectivity index (χ2v) is 5.53. The van der Waals surface area contributed by atoms with Crippen molar-refractivity contribution in [2.24, 2.45) is 0 Å². The number of carbonyl (C=O) groups excluding carboxylic acids is 3. The molecule has 22 heavy (non-hydrogen) atoms. The predicted molar refractivity (Wildman–Crippen MR) is 74.2 cm³/mol. The third-order valence-corrected chi connectivity index (χ3v) is 4.07. The molecule has 0 saturated carbocycles. The minimum Gasteiger partial charge on any atom is -0.478 e. The normalized spacial score (nSPS) is 20.9. The van der Waals surface area contributed by atoms with E-state index >= 15 is 0 Å². The first kappa shape index (κ1) is 14.2. The van der Waals surface area contributed by atoms with Crippen LogP contribution in [0.15, 0.2) is 12.1 Å². The Labute approximate surface area is 125 Å². The molecule has 2 aliphatic heterocycles. The van der Waals surface area contributed by atoms with Crippen molar-refractivity contribution in [3.8, 4) is 0 Å². The van der Waals surface area contributed by atoms with Gasteiger partial charge in [0, 0.05) is 18.5 Å².